The summed E-state index contributed by atoms with van der Waals surface area (Å²) in [5.41, 5.74) is 6.03. The SMILES string of the molecule is Nc1nc(C(NC(=O)N2CCN(CCO)C(=O)C2=O)C(=O)N[C@H]2Cc3cccc(C(=O)O)c3OB2O)cs1. The normalized spacial score (nSPS) is 17.9. The van der Waals surface area contributed by atoms with Crippen LogP contribution in [0.25, 0.3) is 0 Å². The van der Waals surface area contributed by atoms with Gasteiger partial charge in [-0.1, -0.05) is 12.1 Å². The number of para-hydroxylation sites is 1. The molecule has 1 fully saturated rings. The number of carboxylic acids is 1. The number of anilines is 1. The fourth-order valence-corrected chi connectivity index (χ4v) is 4.68. The zero-order chi connectivity index (χ0) is 27.6. The topological polar surface area (TPSA) is 225 Å². The summed E-state index contributed by atoms with van der Waals surface area (Å²) in [7, 11) is -1.61. The second kappa shape index (κ2) is 11.0. The van der Waals surface area contributed by atoms with E-state index in [1.807, 2.05) is 0 Å². The molecule has 0 saturated carbocycles. The van der Waals surface area contributed by atoms with Gasteiger partial charge in [0.25, 0.3) is 0 Å². The van der Waals surface area contributed by atoms with Crippen molar-refractivity contribution >= 4 is 53.3 Å². The molecule has 1 aromatic carbocycles. The van der Waals surface area contributed by atoms with Crippen LogP contribution >= 0.6 is 11.3 Å². The van der Waals surface area contributed by atoms with Crippen molar-refractivity contribution in [3.63, 3.8) is 0 Å². The number of urea groups is 1. The summed E-state index contributed by atoms with van der Waals surface area (Å²) in [5, 5.41) is 35.4. The number of thiazole rings is 1. The highest BCUT2D eigenvalue weighted by molar-refractivity contribution is 7.13. The van der Waals surface area contributed by atoms with Crippen LogP contribution in [-0.2, 0) is 20.8 Å². The van der Waals surface area contributed by atoms with Crippen LogP contribution in [0.1, 0.15) is 27.7 Å². The number of carbonyl (C=O) groups excluding carboxylic acids is 4. The minimum absolute atomic E-state index is 0.00239. The predicted molar refractivity (Wildman–Crippen MR) is 131 cm³/mol. The molecule has 3 heterocycles. The van der Waals surface area contributed by atoms with Crippen LogP contribution in [0.3, 0.4) is 0 Å². The third-order valence-corrected chi connectivity index (χ3v) is 6.66. The molecule has 1 aromatic heterocycles. The second-order valence-electron chi connectivity index (χ2n) is 8.39. The minimum Gasteiger partial charge on any atom is -0.534 e. The van der Waals surface area contributed by atoms with Crippen LogP contribution in [0.4, 0.5) is 9.93 Å². The van der Waals surface area contributed by atoms with Gasteiger partial charge in [-0.3, -0.25) is 19.3 Å². The van der Waals surface area contributed by atoms with Gasteiger partial charge in [0.1, 0.15) is 5.75 Å². The molecule has 7 N–H and O–H groups in total. The summed E-state index contributed by atoms with van der Waals surface area (Å²) in [6.45, 7) is -0.576. The number of nitrogens with zero attached hydrogens (tertiary/aromatic N) is 3. The van der Waals surface area contributed by atoms with Gasteiger partial charge in [-0.05, 0) is 18.1 Å². The number of aliphatic hydroxyl groups is 1. The number of nitrogens with one attached hydrogen (secondary N) is 2. The zero-order valence-corrected chi connectivity index (χ0v) is 20.5. The highest BCUT2D eigenvalue weighted by Crippen LogP contribution is 2.30. The number of aromatic nitrogens is 1. The van der Waals surface area contributed by atoms with Crippen molar-refractivity contribution in [2.24, 2.45) is 0 Å². The molecule has 1 saturated heterocycles. The van der Waals surface area contributed by atoms with Gasteiger partial charge in [-0.15, -0.1) is 11.3 Å². The Morgan fingerprint density at radius 3 is 2.68 bits per heavy atom. The molecular formula is C21H23BN6O9S. The highest BCUT2D eigenvalue weighted by atomic mass is 32.1. The number of piperazine rings is 1. The number of amides is 5. The maximum Gasteiger partial charge on any atom is 0.547 e. The van der Waals surface area contributed by atoms with E-state index in [1.54, 1.807) is 6.07 Å². The van der Waals surface area contributed by atoms with Gasteiger partial charge < -0.3 is 41.2 Å². The van der Waals surface area contributed by atoms with Crippen LogP contribution in [-0.4, -0.2) is 99.0 Å². The van der Waals surface area contributed by atoms with Crippen LogP contribution < -0.4 is 21.0 Å². The molecule has 5 amide bonds. The molecule has 0 spiro atoms. The maximum absolute atomic E-state index is 13.3. The first-order valence-electron chi connectivity index (χ1n) is 11.3. The molecule has 17 heteroatoms. The maximum atomic E-state index is 13.3. The number of aromatic carboxylic acids is 1. The van der Waals surface area contributed by atoms with Crippen molar-refractivity contribution < 1.29 is 43.9 Å². The van der Waals surface area contributed by atoms with E-state index in [1.165, 1.54) is 17.5 Å². The number of imide groups is 1. The molecular weight excluding hydrogens is 523 g/mol. The summed E-state index contributed by atoms with van der Waals surface area (Å²) in [4.78, 5) is 68.2. The molecule has 15 nitrogen and oxygen atoms in total. The molecule has 0 radical (unpaired) electrons. The van der Waals surface area contributed by atoms with Crippen molar-refractivity contribution in [3.8, 4) is 5.75 Å². The summed E-state index contributed by atoms with van der Waals surface area (Å²) < 4.78 is 5.39. The average Bonchev–Trinajstić information content (AvgIpc) is 3.31. The largest absolute Gasteiger partial charge is 0.547 e. The highest BCUT2D eigenvalue weighted by Gasteiger charge is 2.41. The van der Waals surface area contributed by atoms with E-state index in [0.29, 0.717) is 10.5 Å². The molecule has 2 aliphatic rings. The fourth-order valence-electron chi connectivity index (χ4n) is 4.09. The Bertz CT molecular complexity index is 1290. The molecule has 2 aromatic rings. The lowest BCUT2D eigenvalue weighted by molar-refractivity contribution is -0.154. The van der Waals surface area contributed by atoms with Gasteiger partial charge in [0, 0.05) is 25.0 Å². The number of nitrogen functional groups attached to an aromatic ring is 1. The van der Waals surface area contributed by atoms with Crippen LogP contribution in [0, 0.1) is 0 Å². The molecule has 200 valence electrons. The number of carboxylic acid groups (broad SMARTS) is 1. The Kier molecular flexibility index (Phi) is 7.79. The van der Waals surface area contributed by atoms with E-state index in [2.05, 4.69) is 15.6 Å². The Morgan fingerprint density at radius 1 is 1.26 bits per heavy atom. The molecule has 2 atom stereocenters. The van der Waals surface area contributed by atoms with E-state index in [9.17, 15) is 34.1 Å². The lowest BCUT2D eigenvalue weighted by atomic mass is 9.72. The van der Waals surface area contributed by atoms with E-state index in [-0.39, 0.29) is 54.8 Å². The van der Waals surface area contributed by atoms with Gasteiger partial charge in [0.15, 0.2) is 11.2 Å². The van der Waals surface area contributed by atoms with Crippen LogP contribution in [0.2, 0.25) is 0 Å². The molecule has 38 heavy (non-hydrogen) atoms. The van der Waals surface area contributed by atoms with E-state index in [0.717, 1.165) is 16.2 Å². The molecule has 2 aliphatic heterocycles. The number of benzene rings is 1. The van der Waals surface area contributed by atoms with Crippen LogP contribution in [0.5, 0.6) is 5.75 Å². The summed E-state index contributed by atoms with van der Waals surface area (Å²) in [6, 6.07) is 1.92. The Morgan fingerprint density at radius 2 is 2.03 bits per heavy atom. The average molecular weight is 546 g/mol. The van der Waals surface area contributed by atoms with Crippen molar-refractivity contribution in [3.05, 3.63) is 40.4 Å². The Labute approximate surface area is 219 Å². The van der Waals surface area contributed by atoms with Crippen molar-refractivity contribution in [1.82, 2.24) is 25.4 Å². The molecule has 0 aliphatic carbocycles. The third-order valence-electron chi connectivity index (χ3n) is 5.97. The number of fused-ring (bicyclic) bond motifs is 1. The Hall–Kier alpha value is -4.22. The Balaban J connectivity index is 1.51. The lowest BCUT2D eigenvalue weighted by Gasteiger charge is -2.33. The van der Waals surface area contributed by atoms with E-state index >= 15 is 0 Å². The number of aliphatic hydroxyl groups excluding tert-OH is 1. The first-order valence-corrected chi connectivity index (χ1v) is 12.2. The summed E-state index contributed by atoms with van der Waals surface area (Å²) >= 11 is 1.00. The first kappa shape index (κ1) is 26.8. The van der Waals surface area contributed by atoms with Gasteiger partial charge in [-0.25, -0.2) is 14.6 Å². The lowest BCUT2D eigenvalue weighted by Crippen LogP contribution is -2.60. The number of carbonyl (C=O) groups is 5. The molecule has 4 rings (SSSR count). The van der Waals surface area contributed by atoms with Gasteiger partial charge >= 0.3 is 30.9 Å². The summed E-state index contributed by atoms with van der Waals surface area (Å²) in [5.74, 6) is -5.21. The number of rotatable bonds is 7. The number of hydrogen-bond acceptors (Lipinski definition) is 11. The molecule has 1 unspecified atom stereocenters. The standard InChI is InChI=1S/C21H23BN6O9S/c23-20-24-12(9-38-20)14(26-21(35)28-5-4-27(6-7-29)17(31)18(28)32)16(30)25-13-8-10-2-1-3-11(19(33)34)15(10)37-22(13)36/h1-3,9,13-14,29,36H,4-8H2,(H2,23,24)(H,25,30)(H,26,35)(H,33,34)/t13-,14?/m0/s1. The monoisotopic (exact) mass is 546 g/mol. The smallest absolute Gasteiger partial charge is 0.534 e. The van der Waals surface area contributed by atoms with Crippen molar-refractivity contribution in [2.75, 3.05) is 32.0 Å². The number of β-amino-alcohol motifs (C(OH)–C–C–N with tert-alkyl or cyclic N) is 1. The van der Waals surface area contributed by atoms with Crippen molar-refractivity contribution in [2.45, 2.75) is 18.4 Å². The van der Waals surface area contributed by atoms with Gasteiger partial charge in [-0.2, -0.15) is 0 Å². The van der Waals surface area contributed by atoms with E-state index < -0.39 is 48.8 Å². The van der Waals surface area contributed by atoms with Crippen LogP contribution in [0.15, 0.2) is 23.6 Å². The number of hydrogen-bond donors (Lipinski definition) is 6. The van der Waals surface area contributed by atoms with Gasteiger partial charge in [0.05, 0.1) is 23.8 Å². The fraction of sp³-hybridized carbons (Fsp3) is 0.333. The molecule has 0 bridgehead atoms. The first-order chi connectivity index (χ1) is 18.1. The number of nitrogens with two attached hydrogens (primary N) is 1. The van der Waals surface area contributed by atoms with Crippen molar-refractivity contribution in [1.29, 1.82) is 0 Å². The summed E-state index contributed by atoms with van der Waals surface area (Å²) in [6.07, 6.45) is 0.0169. The second-order valence-corrected chi connectivity index (χ2v) is 9.28. The predicted octanol–water partition coefficient (Wildman–Crippen LogP) is -2.02. The zero-order valence-electron chi connectivity index (χ0n) is 19.7. The van der Waals surface area contributed by atoms with Gasteiger partial charge in [0.2, 0.25) is 5.91 Å². The van der Waals surface area contributed by atoms with E-state index in [4.69, 9.17) is 15.5 Å². The quantitative estimate of drug-likeness (QED) is 0.164. The minimum atomic E-state index is -1.61. The third kappa shape index (κ3) is 5.39.